The van der Waals surface area contributed by atoms with E-state index in [-0.39, 0.29) is 12.7 Å². The molecular formula is C21H26N2O3. The van der Waals surface area contributed by atoms with Crippen molar-refractivity contribution in [3.05, 3.63) is 59.7 Å². The largest absolute Gasteiger partial charge is 0.454 e. The van der Waals surface area contributed by atoms with E-state index in [1.165, 1.54) is 5.56 Å². The van der Waals surface area contributed by atoms with Gasteiger partial charge in [-0.15, -0.1) is 0 Å². The minimum absolute atomic E-state index is 0.0701. The average molecular weight is 354 g/mol. The van der Waals surface area contributed by atoms with Gasteiger partial charge in [0.15, 0.2) is 11.5 Å². The summed E-state index contributed by atoms with van der Waals surface area (Å²) in [4.78, 5) is 14.3. The minimum Gasteiger partial charge on any atom is -0.454 e. The molecule has 5 nitrogen and oxygen atoms in total. The van der Waals surface area contributed by atoms with E-state index in [1.54, 1.807) is 0 Å². The normalized spacial score (nSPS) is 12.4. The van der Waals surface area contributed by atoms with Gasteiger partial charge in [0, 0.05) is 13.1 Å². The molecule has 1 heterocycles. The van der Waals surface area contributed by atoms with Crippen LogP contribution in [0.4, 0.5) is 0 Å². The molecule has 0 aromatic heterocycles. The van der Waals surface area contributed by atoms with Gasteiger partial charge in [-0.3, -0.25) is 9.69 Å². The molecule has 0 saturated carbocycles. The van der Waals surface area contributed by atoms with Crippen molar-refractivity contribution in [1.29, 1.82) is 0 Å². The lowest BCUT2D eigenvalue weighted by atomic mass is 10.1. The zero-order valence-corrected chi connectivity index (χ0v) is 15.2. The molecule has 0 bridgehead atoms. The molecule has 138 valence electrons. The van der Waals surface area contributed by atoms with Gasteiger partial charge in [0.1, 0.15) is 0 Å². The van der Waals surface area contributed by atoms with E-state index in [2.05, 4.69) is 29.3 Å². The van der Waals surface area contributed by atoms with E-state index >= 15 is 0 Å². The number of amides is 1. The van der Waals surface area contributed by atoms with Crippen LogP contribution < -0.4 is 14.8 Å². The van der Waals surface area contributed by atoms with Crippen LogP contribution in [0.25, 0.3) is 0 Å². The van der Waals surface area contributed by atoms with Crippen LogP contribution in [0.5, 0.6) is 11.5 Å². The number of rotatable bonds is 9. The van der Waals surface area contributed by atoms with Gasteiger partial charge in [-0.2, -0.15) is 0 Å². The highest BCUT2D eigenvalue weighted by Crippen LogP contribution is 2.32. The molecule has 1 amide bonds. The van der Waals surface area contributed by atoms with Gasteiger partial charge in [0.05, 0.1) is 6.54 Å². The summed E-state index contributed by atoms with van der Waals surface area (Å²) in [6, 6.07) is 16.3. The number of nitrogens with zero attached hydrogens (tertiary/aromatic N) is 1. The molecule has 26 heavy (non-hydrogen) atoms. The Balaban J connectivity index is 1.40. The number of ether oxygens (including phenoxy) is 2. The predicted octanol–water partition coefficient (Wildman–Crippen LogP) is 2.99. The molecule has 0 aliphatic carbocycles. The summed E-state index contributed by atoms with van der Waals surface area (Å²) in [6.45, 7) is 4.97. The lowest BCUT2D eigenvalue weighted by molar-refractivity contribution is -0.122. The van der Waals surface area contributed by atoms with Crippen LogP contribution in [0, 0.1) is 0 Å². The lowest BCUT2D eigenvalue weighted by Crippen LogP contribution is -2.37. The molecule has 3 rings (SSSR count). The number of hydrogen-bond donors (Lipinski definition) is 1. The third-order valence-electron chi connectivity index (χ3n) is 4.46. The van der Waals surface area contributed by atoms with Gasteiger partial charge in [-0.25, -0.2) is 0 Å². The standard InChI is InChI=1S/C21H26N2O3/c1-2-23(14-18-10-11-19-20(13-18)26-16-25-19)15-21(24)22-12-6-9-17-7-4-3-5-8-17/h3-5,7-8,10-11,13H,2,6,9,12,14-16H2,1H3,(H,22,24). The van der Waals surface area contributed by atoms with Crippen LogP contribution in [-0.4, -0.2) is 37.2 Å². The van der Waals surface area contributed by atoms with E-state index < -0.39 is 0 Å². The molecule has 0 saturated heterocycles. The number of aryl methyl sites for hydroxylation is 1. The minimum atomic E-state index is 0.0701. The third kappa shape index (κ3) is 5.23. The highest BCUT2D eigenvalue weighted by atomic mass is 16.7. The van der Waals surface area contributed by atoms with Gasteiger partial charge < -0.3 is 14.8 Å². The second-order valence-electron chi connectivity index (χ2n) is 6.43. The number of benzene rings is 2. The first-order valence-corrected chi connectivity index (χ1v) is 9.16. The summed E-state index contributed by atoms with van der Waals surface area (Å²) >= 11 is 0. The van der Waals surface area contributed by atoms with Crippen molar-refractivity contribution < 1.29 is 14.3 Å². The van der Waals surface area contributed by atoms with E-state index in [1.807, 2.05) is 36.4 Å². The van der Waals surface area contributed by atoms with Crippen molar-refractivity contribution in [2.75, 3.05) is 26.4 Å². The summed E-state index contributed by atoms with van der Waals surface area (Å²) in [5, 5.41) is 3.02. The van der Waals surface area contributed by atoms with Gasteiger partial charge in [-0.1, -0.05) is 43.3 Å². The Hall–Kier alpha value is -2.53. The molecule has 0 unspecified atom stereocenters. The third-order valence-corrected chi connectivity index (χ3v) is 4.46. The van der Waals surface area contributed by atoms with Gasteiger partial charge in [0.2, 0.25) is 12.7 Å². The predicted molar refractivity (Wildman–Crippen MR) is 101 cm³/mol. The van der Waals surface area contributed by atoms with Crippen molar-refractivity contribution >= 4 is 5.91 Å². The zero-order valence-electron chi connectivity index (χ0n) is 15.2. The fourth-order valence-electron chi connectivity index (χ4n) is 3.00. The number of fused-ring (bicyclic) bond motifs is 1. The number of carbonyl (C=O) groups is 1. The highest BCUT2D eigenvalue weighted by Gasteiger charge is 2.15. The Morgan fingerprint density at radius 1 is 1.08 bits per heavy atom. The Labute approximate surface area is 154 Å². The number of hydrogen-bond acceptors (Lipinski definition) is 4. The molecule has 1 aliphatic heterocycles. The molecule has 2 aromatic rings. The fraction of sp³-hybridized carbons (Fsp3) is 0.381. The molecule has 1 aliphatic rings. The van der Waals surface area contributed by atoms with Gasteiger partial charge in [-0.05, 0) is 42.6 Å². The van der Waals surface area contributed by atoms with Crippen LogP contribution >= 0.6 is 0 Å². The number of likely N-dealkylation sites (N-methyl/N-ethyl adjacent to an activating group) is 1. The number of carbonyl (C=O) groups excluding carboxylic acids is 1. The lowest BCUT2D eigenvalue weighted by Gasteiger charge is -2.20. The maximum atomic E-state index is 12.2. The van der Waals surface area contributed by atoms with E-state index in [0.29, 0.717) is 19.6 Å². The Bertz CT molecular complexity index is 718. The molecule has 2 aromatic carbocycles. The van der Waals surface area contributed by atoms with Crippen LogP contribution in [0.1, 0.15) is 24.5 Å². The zero-order chi connectivity index (χ0) is 18.2. The topological polar surface area (TPSA) is 50.8 Å². The molecule has 5 heteroatoms. The Morgan fingerprint density at radius 2 is 1.88 bits per heavy atom. The quantitative estimate of drug-likeness (QED) is 0.704. The van der Waals surface area contributed by atoms with Crippen molar-refractivity contribution in [3.63, 3.8) is 0 Å². The molecule has 0 fully saturated rings. The van der Waals surface area contributed by atoms with Crippen LogP contribution in [0.15, 0.2) is 48.5 Å². The summed E-state index contributed by atoms with van der Waals surface area (Å²) in [6.07, 6.45) is 1.93. The first-order chi connectivity index (χ1) is 12.7. The van der Waals surface area contributed by atoms with Crippen LogP contribution in [-0.2, 0) is 17.8 Å². The molecule has 0 radical (unpaired) electrons. The first-order valence-electron chi connectivity index (χ1n) is 9.16. The molecule has 0 spiro atoms. The fourth-order valence-corrected chi connectivity index (χ4v) is 3.00. The monoisotopic (exact) mass is 354 g/mol. The number of nitrogens with one attached hydrogen (secondary N) is 1. The highest BCUT2D eigenvalue weighted by molar-refractivity contribution is 5.77. The van der Waals surface area contributed by atoms with Crippen molar-refractivity contribution in [1.82, 2.24) is 10.2 Å². The second-order valence-corrected chi connectivity index (χ2v) is 6.43. The van der Waals surface area contributed by atoms with Crippen molar-refractivity contribution in [2.45, 2.75) is 26.3 Å². The van der Waals surface area contributed by atoms with E-state index in [4.69, 9.17) is 9.47 Å². The van der Waals surface area contributed by atoms with Gasteiger partial charge in [0.25, 0.3) is 0 Å². The maximum absolute atomic E-state index is 12.2. The van der Waals surface area contributed by atoms with Gasteiger partial charge >= 0.3 is 0 Å². The van der Waals surface area contributed by atoms with Crippen LogP contribution in [0.3, 0.4) is 0 Å². The molecular weight excluding hydrogens is 328 g/mol. The molecule has 1 N–H and O–H groups in total. The van der Waals surface area contributed by atoms with E-state index in [0.717, 1.165) is 36.4 Å². The summed E-state index contributed by atoms with van der Waals surface area (Å²) < 4.78 is 10.8. The second kappa shape index (κ2) is 9.25. The SMILES string of the molecule is CCN(CC(=O)NCCCc1ccccc1)Cc1ccc2c(c1)OCO2. The first kappa shape index (κ1) is 18.3. The van der Waals surface area contributed by atoms with Crippen molar-refractivity contribution in [3.8, 4) is 11.5 Å². The summed E-state index contributed by atoms with van der Waals surface area (Å²) in [7, 11) is 0. The van der Waals surface area contributed by atoms with Crippen LogP contribution in [0.2, 0.25) is 0 Å². The molecule has 0 atom stereocenters. The van der Waals surface area contributed by atoms with Crippen molar-refractivity contribution in [2.24, 2.45) is 0 Å². The smallest absolute Gasteiger partial charge is 0.234 e. The summed E-state index contributed by atoms with van der Waals surface area (Å²) in [5.74, 6) is 1.64. The maximum Gasteiger partial charge on any atom is 0.234 e. The Morgan fingerprint density at radius 3 is 2.69 bits per heavy atom. The average Bonchev–Trinajstić information content (AvgIpc) is 3.13. The Kier molecular flexibility index (Phi) is 6.50. The summed E-state index contributed by atoms with van der Waals surface area (Å²) in [5.41, 5.74) is 2.42. The van der Waals surface area contributed by atoms with E-state index in [9.17, 15) is 4.79 Å².